The molecule has 2 aromatic rings. The van der Waals surface area contributed by atoms with E-state index in [0.717, 1.165) is 18.8 Å². The van der Waals surface area contributed by atoms with E-state index in [4.69, 9.17) is 14.6 Å². The molecular formula is C37H46O4. The first-order chi connectivity index (χ1) is 20.0. The molecule has 0 radical (unpaired) electrons. The quantitative estimate of drug-likeness (QED) is 0.117. The maximum atomic E-state index is 11.6. The molecule has 4 rings (SSSR count). The van der Waals surface area contributed by atoms with Crippen LogP contribution in [0, 0.1) is 5.92 Å². The van der Waals surface area contributed by atoms with Crippen molar-refractivity contribution in [3.8, 4) is 11.1 Å². The van der Waals surface area contributed by atoms with Crippen LogP contribution in [0.2, 0.25) is 0 Å². The molecule has 2 aliphatic carbocycles. The highest BCUT2D eigenvalue weighted by Gasteiger charge is 2.22. The maximum Gasteiger partial charge on any atom is 0.335 e. The Morgan fingerprint density at radius 3 is 2.46 bits per heavy atom. The molecular weight excluding hydrogens is 508 g/mol. The van der Waals surface area contributed by atoms with Crippen LogP contribution < -0.4 is 0 Å². The molecule has 0 heterocycles. The third-order valence-corrected chi connectivity index (χ3v) is 8.53. The summed E-state index contributed by atoms with van der Waals surface area (Å²) in [5.41, 5.74) is 7.94. The van der Waals surface area contributed by atoms with Crippen LogP contribution in [0.1, 0.15) is 81.4 Å². The standard InChI is InChI=1S/C37H46O4/c1-4-6-7-8-28-9-11-30(12-10-28)31-13-15-33(16-14-31)36-22-19-34(25-29(36)5-2)32-17-20-35(21-18-32)40-23-24-41-37(39)27(3)26-38/h4,6,13-20,22,25,28,30,35,38H,3,5,7-12,21,23-24,26H2,1-2H3/b6-4+. The van der Waals surface area contributed by atoms with Crippen LogP contribution in [-0.4, -0.2) is 37.0 Å². The maximum absolute atomic E-state index is 11.6. The first kappa shape index (κ1) is 30.7. The molecule has 1 atom stereocenters. The molecule has 1 saturated carbocycles. The van der Waals surface area contributed by atoms with Crippen LogP contribution in [0.3, 0.4) is 0 Å². The lowest BCUT2D eigenvalue weighted by Crippen LogP contribution is -2.18. The highest BCUT2D eigenvalue weighted by Crippen LogP contribution is 2.38. The van der Waals surface area contributed by atoms with Gasteiger partial charge in [0, 0.05) is 0 Å². The van der Waals surface area contributed by atoms with Gasteiger partial charge in [-0.1, -0.05) is 86.3 Å². The van der Waals surface area contributed by atoms with Crippen molar-refractivity contribution in [2.45, 2.75) is 77.2 Å². The number of carbonyl (C=O) groups excluding carboxylic acids is 1. The molecule has 218 valence electrons. The molecule has 1 unspecified atom stereocenters. The van der Waals surface area contributed by atoms with Gasteiger partial charge < -0.3 is 14.6 Å². The Morgan fingerprint density at radius 2 is 1.80 bits per heavy atom. The molecule has 0 aromatic heterocycles. The predicted octanol–water partition coefficient (Wildman–Crippen LogP) is 8.37. The van der Waals surface area contributed by atoms with E-state index >= 15 is 0 Å². The number of hydrogen-bond acceptors (Lipinski definition) is 4. The van der Waals surface area contributed by atoms with Crippen LogP contribution in [-0.2, 0) is 20.7 Å². The van der Waals surface area contributed by atoms with Gasteiger partial charge in [0.2, 0.25) is 0 Å². The number of esters is 1. The second-order valence-corrected chi connectivity index (χ2v) is 11.3. The first-order valence-corrected chi connectivity index (χ1v) is 15.3. The molecule has 0 aliphatic heterocycles. The molecule has 0 amide bonds. The van der Waals surface area contributed by atoms with E-state index in [0.29, 0.717) is 12.5 Å². The number of aliphatic hydroxyl groups excluding tert-OH is 1. The average Bonchev–Trinajstić information content (AvgIpc) is 3.03. The van der Waals surface area contributed by atoms with Gasteiger partial charge in [-0.05, 0) is 104 Å². The normalized spacial score (nSPS) is 20.7. The van der Waals surface area contributed by atoms with Gasteiger partial charge >= 0.3 is 5.97 Å². The Morgan fingerprint density at radius 1 is 1.05 bits per heavy atom. The lowest BCUT2D eigenvalue weighted by molar-refractivity contribution is -0.141. The van der Waals surface area contributed by atoms with E-state index in [1.807, 2.05) is 0 Å². The Kier molecular flexibility index (Phi) is 11.8. The SMILES string of the molecule is C=C(CO)C(=O)OCCOC1C=CC(c2ccc(-c3ccc(C4CCC(CC/C=C/C)CC4)cc3)c(CC)c2)=CC1. The van der Waals surface area contributed by atoms with Gasteiger partial charge in [0.1, 0.15) is 6.61 Å². The molecule has 4 heteroatoms. The number of aliphatic hydroxyl groups is 1. The van der Waals surface area contributed by atoms with Crippen molar-refractivity contribution < 1.29 is 19.4 Å². The Hall–Kier alpha value is -3.21. The van der Waals surface area contributed by atoms with E-state index < -0.39 is 12.6 Å². The molecule has 1 fully saturated rings. The second-order valence-electron chi connectivity index (χ2n) is 11.3. The van der Waals surface area contributed by atoms with Crippen LogP contribution >= 0.6 is 0 Å². The van der Waals surface area contributed by atoms with Gasteiger partial charge in [0.25, 0.3) is 0 Å². The van der Waals surface area contributed by atoms with Crippen molar-refractivity contribution in [3.63, 3.8) is 0 Å². The minimum absolute atomic E-state index is 0.0461. The summed E-state index contributed by atoms with van der Waals surface area (Å²) in [5, 5.41) is 8.93. The van der Waals surface area contributed by atoms with Crippen LogP contribution in [0.15, 0.2) is 85.0 Å². The Labute approximate surface area is 246 Å². The lowest BCUT2D eigenvalue weighted by atomic mass is 9.77. The number of ether oxygens (including phenoxy) is 2. The van der Waals surface area contributed by atoms with Crippen molar-refractivity contribution in [3.05, 3.63) is 102 Å². The van der Waals surface area contributed by atoms with E-state index in [9.17, 15) is 4.79 Å². The zero-order valence-electron chi connectivity index (χ0n) is 24.8. The minimum atomic E-state index is -0.586. The van der Waals surface area contributed by atoms with Gasteiger partial charge in [-0.15, -0.1) is 0 Å². The molecule has 0 saturated heterocycles. The summed E-state index contributed by atoms with van der Waals surface area (Å²) in [4.78, 5) is 11.6. The molecule has 1 N–H and O–H groups in total. The molecule has 2 aromatic carbocycles. The Balaban J connectivity index is 1.30. The fourth-order valence-corrected chi connectivity index (χ4v) is 6.00. The Bertz CT molecular complexity index is 1240. The van der Waals surface area contributed by atoms with Crippen LogP contribution in [0.25, 0.3) is 16.7 Å². The van der Waals surface area contributed by atoms with Gasteiger partial charge in [0.15, 0.2) is 0 Å². The monoisotopic (exact) mass is 554 g/mol. The third kappa shape index (κ3) is 8.64. The van der Waals surface area contributed by atoms with Gasteiger partial charge in [-0.25, -0.2) is 4.79 Å². The highest BCUT2D eigenvalue weighted by atomic mass is 16.6. The van der Waals surface area contributed by atoms with Crippen molar-refractivity contribution >= 4 is 11.5 Å². The summed E-state index contributed by atoms with van der Waals surface area (Å²) < 4.78 is 10.9. The second kappa shape index (κ2) is 15.7. The summed E-state index contributed by atoms with van der Waals surface area (Å²) in [6.07, 6.45) is 20.5. The van der Waals surface area contributed by atoms with Crippen LogP contribution in [0.5, 0.6) is 0 Å². The van der Waals surface area contributed by atoms with E-state index in [2.05, 4.69) is 93.3 Å². The average molecular weight is 555 g/mol. The number of aryl methyl sites for hydroxylation is 1. The molecule has 41 heavy (non-hydrogen) atoms. The van der Waals surface area contributed by atoms with E-state index in [1.165, 1.54) is 71.9 Å². The molecule has 2 aliphatic rings. The number of hydrogen-bond donors (Lipinski definition) is 1. The fraction of sp³-hybridized carbons (Fsp3) is 0.432. The summed E-state index contributed by atoms with van der Waals surface area (Å²) >= 11 is 0. The van der Waals surface area contributed by atoms with Crippen molar-refractivity contribution in [2.75, 3.05) is 19.8 Å². The summed E-state index contributed by atoms with van der Waals surface area (Å²) in [6.45, 7) is 7.84. The minimum Gasteiger partial charge on any atom is -0.460 e. The largest absolute Gasteiger partial charge is 0.460 e. The zero-order chi connectivity index (χ0) is 29.0. The number of benzene rings is 2. The molecule has 0 spiro atoms. The lowest BCUT2D eigenvalue weighted by Gasteiger charge is -2.28. The van der Waals surface area contributed by atoms with Crippen molar-refractivity contribution in [1.82, 2.24) is 0 Å². The van der Waals surface area contributed by atoms with Crippen LogP contribution in [0.4, 0.5) is 0 Å². The van der Waals surface area contributed by atoms with Gasteiger partial charge in [0.05, 0.1) is 24.9 Å². The highest BCUT2D eigenvalue weighted by molar-refractivity contribution is 5.87. The number of allylic oxidation sites excluding steroid dienone is 4. The molecule has 0 bridgehead atoms. The van der Waals surface area contributed by atoms with Crippen molar-refractivity contribution in [1.29, 1.82) is 0 Å². The zero-order valence-corrected chi connectivity index (χ0v) is 24.8. The summed E-state index contributed by atoms with van der Waals surface area (Å²) in [7, 11) is 0. The predicted molar refractivity (Wildman–Crippen MR) is 169 cm³/mol. The van der Waals surface area contributed by atoms with E-state index in [1.54, 1.807) is 0 Å². The molecule has 4 nitrogen and oxygen atoms in total. The topological polar surface area (TPSA) is 55.8 Å². The van der Waals surface area contributed by atoms with Gasteiger partial charge in [-0.2, -0.15) is 0 Å². The van der Waals surface area contributed by atoms with Gasteiger partial charge in [-0.3, -0.25) is 0 Å². The van der Waals surface area contributed by atoms with Crippen molar-refractivity contribution in [2.24, 2.45) is 5.92 Å². The smallest absolute Gasteiger partial charge is 0.335 e. The fourth-order valence-electron chi connectivity index (χ4n) is 6.00. The first-order valence-electron chi connectivity index (χ1n) is 15.3. The van der Waals surface area contributed by atoms with E-state index in [-0.39, 0.29) is 18.3 Å². The summed E-state index contributed by atoms with van der Waals surface area (Å²) in [5.74, 6) is 1.02. The number of carbonyl (C=O) groups is 1. The summed E-state index contributed by atoms with van der Waals surface area (Å²) in [6, 6.07) is 16.2. The number of rotatable bonds is 13. The third-order valence-electron chi connectivity index (χ3n) is 8.53.